The summed E-state index contributed by atoms with van der Waals surface area (Å²) in [6, 6.07) is 31.0. The van der Waals surface area contributed by atoms with Gasteiger partial charge in [-0.15, -0.1) is 0 Å². The van der Waals surface area contributed by atoms with Crippen LogP contribution in [-0.4, -0.2) is 44.6 Å². The van der Waals surface area contributed by atoms with Gasteiger partial charge >= 0.3 is 0 Å². The van der Waals surface area contributed by atoms with Gasteiger partial charge in [0.25, 0.3) is 0 Å². The second-order valence-corrected chi connectivity index (χ2v) is 9.54. The van der Waals surface area contributed by atoms with Gasteiger partial charge < -0.3 is 23.7 Å². The molecule has 40 heavy (non-hydrogen) atoms. The van der Waals surface area contributed by atoms with E-state index in [1.54, 1.807) is 0 Å². The number of rotatable bonds is 12. The third kappa shape index (κ3) is 7.56. The monoisotopic (exact) mass is 534 g/mol. The van der Waals surface area contributed by atoms with E-state index in [9.17, 15) is 0 Å². The summed E-state index contributed by atoms with van der Waals surface area (Å²) in [6.07, 6.45) is 5.81. The molecule has 2 aliphatic heterocycles. The van der Waals surface area contributed by atoms with Crippen LogP contribution in [0, 0.1) is 0 Å². The number of ether oxygens (including phenoxy) is 5. The summed E-state index contributed by atoms with van der Waals surface area (Å²) in [5.41, 5.74) is 3.68. The van der Waals surface area contributed by atoms with Gasteiger partial charge in [-0.05, 0) is 108 Å². The highest BCUT2D eigenvalue weighted by atomic mass is 16.7. The van der Waals surface area contributed by atoms with Gasteiger partial charge in [0.05, 0.1) is 37.3 Å². The van der Waals surface area contributed by atoms with Crippen LogP contribution in [0.25, 0.3) is 0 Å². The Bertz CT molecular complexity index is 1420. The van der Waals surface area contributed by atoms with E-state index in [1.165, 1.54) is 0 Å². The largest absolute Gasteiger partial charge is 0.493 e. The predicted octanol–water partition coefficient (Wildman–Crippen LogP) is 7.27. The highest BCUT2D eigenvalue weighted by Gasteiger charge is 2.21. The van der Waals surface area contributed by atoms with Crippen molar-refractivity contribution in [2.75, 3.05) is 19.8 Å². The van der Waals surface area contributed by atoms with Crippen molar-refractivity contribution in [1.82, 2.24) is 0 Å². The van der Waals surface area contributed by atoms with Gasteiger partial charge in [-0.2, -0.15) is 0 Å². The van der Waals surface area contributed by atoms with E-state index in [4.69, 9.17) is 23.7 Å². The molecule has 0 radical (unpaired) electrons. The fourth-order valence-electron chi connectivity index (χ4n) is 3.92. The molecular weight excluding hydrogens is 504 g/mol. The summed E-state index contributed by atoms with van der Waals surface area (Å²) >= 11 is 0. The van der Waals surface area contributed by atoms with Crippen molar-refractivity contribution >= 4 is 23.8 Å². The van der Waals surface area contributed by atoms with Gasteiger partial charge in [0.2, 0.25) is 6.29 Å². The quantitative estimate of drug-likeness (QED) is 0.141. The number of aliphatic imine (C=N–C) groups is 2. The molecule has 0 spiro atoms. The minimum atomic E-state index is -0.112. The van der Waals surface area contributed by atoms with Crippen molar-refractivity contribution in [2.45, 2.75) is 25.2 Å². The molecule has 2 unspecified atom stereocenters. The van der Waals surface area contributed by atoms with Crippen molar-refractivity contribution in [3.63, 3.8) is 0 Å². The molecule has 0 bridgehead atoms. The summed E-state index contributed by atoms with van der Waals surface area (Å²) < 4.78 is 27.9. The lowest BCUT2D eigenvalue weighted by Gasteiger charge is -2.26. The molecule has 0 aliphatic carbocycles. The lowest BCUT2D eigenvalue weighted by atomic mass is 10.2. The molecule has 202 valence electrons. The molecule has 2 fully saturated rings. The molecule has 6 rings (SSSR count). The molecule has 0 saturated carbocycles. The zero-order valence-electron chi connectivity index (χ0n) is 22.0. The molecule has 7 nitrogen and oxygen atoms in total. The van der Waals surface area contributed by atoms with Crippen LogP contribution in [0.4, 0.5) is 11.4 Å². The highest BCUT2D eigenvalue weighted by molar-refractivity contribution is 5.82. The minimum Gasteiger partial charge on any atom is -0.493 e. The Hall–Kier alpha value is -4.46. The smallest absolute Gasteiger partial charge is 0.202 e. The van der Waals surface area contributed by atoms with Crippen LogP contribution in [0.5, 0.6) is 23.0 Å². The molecule has 2 saturated heterocycles. The first-order valence-electron chi connectivity index (χ1n) is 13.4. The Kier molecular flexibility index (Phi) is 8.12. The molecule has 2 aliphatic rings. The standard InChI is InChI=1S/C33H30N2O5/c1-9-28(36-19-17-32-23-38-32)10-2-24(1)21-34-26-5-13-29(14-6-26)39-30-15-7-27(8-16-30)35-22-25-3-11-31(12-4-25)40-33-18-20-37-33/h1-16,21-22,32-33H,17-20,23H2/b34-21-,35-22-. The molecule has 2 heterocycles. The van der Waals surface area contributed by atoms with Crippen LogP contribution in [-0.2, 0) is 9.47 Å². The van der Waals surface area contributed by atoms with E-state index < -0.39 is 0 Å². The lowest BCUT2D eigenvalue weighted by Crippen LogP contribution is -2.32. The molecule has 0 N–H and O–H groups in total. The number of benzene rings is 4. The predicted molar refractivity (Wildman–Crippen MR) is 155 cm³/mol. The normalized spacial score (nSPS) is 18.0. The molecule has 0 aromatic heterocycles. The third-order valence-electron chi connectivity index (χ3n) is 6.43. The van der Waals surface area contributed by atoms with Gasteiger partial charge in [-0.1, -0.05) is 0 Å². The molecular formula is C33H30N2O5. The second-order valence-electron chi connectivity index (χ2n) is 9.54. The fraction of sp³-hybridized carbons (Fsp3) is 0.212. The molecule has 4 aromatic rings. The maximum atomic E-state index is 5.99. The summed E-state index contributed by atoms with van der Waals surface area (Å²) in [4.78, 5) is 9.11. The van der Waals surface area contributed by atoms with Crippen LogP contribution < -0.4 is 14.2 Å². The highest BCUT2D eigenvalue weighted by Crippen LogP contribution is 2.26. The average molecular weight is 535 g/mol. The first kappa shape index (κ1) is 25.8. The number of hydrogen-bond donors (Lipinski definition) is 0. The Morgan fingerprint density at radius 1 is 0.650 bits per heavy atom. The van der Waals surface area contributed by atoms with Gasteiger partial charge in [0.15, 0.2) is 0 Å². The molecule has 0 amide bonds. The second kappa shape index (κ2) is 12.6. The first-order valence-corrected chi connectivity index (χ1v) is 13.4. The van der Waals surface area contributed by atoms with E-state index in [-0.39, 0.29) is 6.29 Å². The SMILES string of the molecule is C(=N/c1ccc(Oc2ccc(/N=C\c3ccc(OC4CCO4)cc3)cc2)cc1)/c1ccc(OCCC2CO2)cc1. The first-order chi connectivity index (χ1) is 19.7. The van der Waals surface area contributed by atoms with Crippen LogP contribution in [0.2, 0.25) is 0 Å². The zero-order chi connectivity index (χ0) is 27.0. The molecule has 7 heteroatoms. The van der Waals surface area contributed by atoms with Crippen molar-refractivity contribution < 1.29 is 23.7 Å². The van der Waals surface area contributed by atoms with Gasteiger partial charge in [0.1, 0.15) is 23.0 Å². The van der Waals surface area contributed by atoms with Crippen molar-refractivity contribution in [3.8, 4) is 23.0 Å². The van der Waals surface area contributed by atoms with Gasteiger partial charge in [0, 0.05) is 25.3 Å². The summed E-state index contributed by atoms with van der Waals surface area (Å²) in [5, 5.41) is 0. The Morgan fingerprint density at radius 3 is 1.62 bits per heavy atom. The fourth-order valence-corrected chi connectivity index (χ4v) is 3.92. The van der Waals surface area contributed by atoms with Crippen LogP contribution in [0.3, 0.4) is 0 Å². The van der Waals surface area contributed by atoms with Crippen LogP contribution in [0.1, 0.15) is 24.0 Å². The van der Waals surface area contributed by atoms with E-state index in [0.29, 0.717) is 12.7 Å². The van der Waals surface area contributed by atoms with E-state index in [2.05, 4.69) is 9.98 Å². The van der Waals surface area contributed by atoms with E-state index >= 15 is 0 Å². The Balaban J connectivity index is 0.969. The number of epoxide rings is 1. The lowest BCUT2D eigenvalue weighted by molar-refractivity contribution is -0.165. The third-order valence-corrected chi connectivity index (χ3v) is 6.43. The van der Waals surface area contributed by atoms with Crippen molar-refractivity contribution in [3.05, 3.63) is 108 Å². The van der Waals surface area contributed by atoms with Crippen LogP contribution >= 0.6 is 0 Å². The average Bonchev–Trinajstić information content (AvgIpc) is 3.80. The summed E-state index contributed by atoms with van der Waals surface area (Å²) in [5.74, 6) is 3.13. The Morgan fingerprint density at radius 2 is 1.15 bits per heavy atom. The molecule has 2 atom stereocenters. The van der Waals surface area contributed by atoms with Gasteiger partial charge in [-0.3, -0.25) is 9.98 Å². The Labute approximate surface area is 233 Å². The maximum absolute atomic E-state index is 5.99. The minimum absolute atomic E-state index is 0.112. The van der Waals surface area contributed by atoms with E-state index in [1.807, 2.05) is 109 Å². The topological polar surface area (TPSA) is 74.2 Å². The van der Waals surface area contributed by atoms with Crippen molar-refractivity contribution in [1.29, 1.82) is 0 Å². The number of nitrogens with zero attached hydrogens (tertiary/aromatic N) is 2. The summed E-state index contributed by atoms with van der Waals surface area (Å²) in [7, 11) is 0. The van der Waals surface area contributed by atoms with Gasteiger partial charge in [-0.25, -0.2) is 0 Å². The van der Waals surface area contributed by atoms with Crippen LogP contribution in [0.15, 0.2) is 107 Å². The maximum Gasteiger partial charge on any atom is 0.202 e. The molecule has 4 aromatic carbocycles. The zero-order valence-corrected chi connectivity index (χ0v) is 22.0. The summed E-state index contributed by atoms with van der Waals surface area (Å²) in [6.45, 7) is 2.30. The van der Waals surface area contributed by atoms with Crippen molar-refractivity contribution in [2.24, 2.45) is 9.98 Å². The van der Waals surface area contributed by atoms with E-state index in [0.717, 1.165) is 71.6 Å². The number of hydrogen-bond acceptors (Lipinski definition) is 7.